The third kappa shape index (κ3) is 5.88. The van der Waals surface area contributed by atoms with E-state index in [1.54, 1.807) is 18.2 Å². The molecule has 0 aliphatic heterocycles. The second kappa shape index (κ2) is 10.5. The molecule has 8 nitrogen and oxygen atoms in total. The molecule has 0 amide bonds. The van der Waals surface area contributed by atoms with Gasteiger partial charge >= 0.3 is 18.1 Å². The third-order valence-electron chi connectivity index (χ3n) is 5.92. The average molecular weight is 560 g/mol. The number of ether oxygens (including phenoxy) is 2. The zero-order valence-electron chi connectivity index (χ0n) is 20.9. The van der Waals surface area contributed by atoms with Crippen LogP contribution in [0.5, 0.6) is 11.5 Å². The van der Waals surface area contributed by atoms with Crippen molar-refractivity contribution in [3.05, 3.63) is 118 Å². The molecule has 5 aromatic rings. The number of anilines is 2. The number of halogens is 3. The lowest BCUT2D eigenvalue weighted by molar-refractivity contribution is -0.137. The Morgan fingerprint density at radius 2 is 1.32 bits per heavy atom. The van der Waals surface area contributed by atoms with Gasteiger partial charge in [0.05, 0.1) is 22.1 Å². The van der Waals surface area contributed by atoms with E-state index in [-0.39, 0.29) is 44.9 Å². The molecule has 1 aromatic heterocycles. The van der Waals surface area contributed by atoms with Gasteiger partial charge < -0.3 is 25.4 Å². The van der Waals surface area contributed by atoms with Gasteiger partial charge in [0.1, 0.15) is 11.5 Å². The number of hydrogen-bond acceptors (Lipinski definition) is 8. The van der Waals surface area contributed by atoms with Gasteiger partial charge in [0.2, 0.25) is 0 Å². The first kappa shape index (κ1) is 27.0. The first-order valence-electron chi connectivity index (χ1n) is 11.9. The molecule has 0 fully saturated rings. The monoisotopic (exact) mass is 560 g/mol. The van der Waals surface area contributed by atoms with Gasteiger partial charge in [-0.15, -0.1) is 0 Å². The fraction of sp³-hybridized carbons (Fsp3) is 0.0333. The zero-order chi connectivity index (χ0) is 29.3. The van der Waals surface area contributed by atoms with Gasteiger partial charge in [0.15, 0.2) is 16.8 Å². The van der Waals surface area contributed by atoms with Crippen LogP contribution < -0.4 is 26.4 Å². The molecular formula is C30H19F3N2O6. The van der Waals surface area contributed by atoms with Crippen molar-refractivity contribution in [2.75, 3.05) is 11.5 Å². The van der Waals surface area contributed by atoms with Crippen LogP contribution in [0, 0.1) is 0 Å². The summed E-state index contributed by atoms with van der Waals surface area (Å²) >= 11 is 0. The predicted molar refractivity (Wildman–Crippen MR) is 145 cm³/mol. The molecule has 0 atom stereocenters. The van der Waals surface area contributed by atoms with Gasteiger partial charge in [-0.2, -0.15) is 13.2 Å². The van der Waals surface area contributed by atoms with Crippen LogP contribution in [-0.2, 0) is 6.18 Å². The fourth-order valence-electron chi connectivity index (χ4n) is 3.96. The maximum atomic E-state index is 13.2. The molecule has 41 heavy (non-hydrogen) atoms. The maximum Gasteiger partial charge on any atom is 0.416 e. The van der Waals surface area contributed by atoms with E-state index < -0.39 is 29.1 Å². The normalized spacial score (nSPS) is 11.3. The van der Waals surface area contributed by atoms with Crippen LogP contribution >= 0.6 is 0 Å². The molecule has 0 aliphatic rings. The summed E-state index contributed by atoms with van der Waals surface area (Å²) in [7, 11) is 0. The van der Waals surface area contributed by atoms with Crippen molar-refractivity contribution in [1.29, 1.82) is 0 Å². The summed E-state index contributed by atoms with van der Waals surface area (Å²) in [6, 6.07) is 19.4. The summed E-state index contributed by atoms with van der Waals surface area (Å²) in [5.41, 5.74) is 10.8. The summed E-state index contributed by atoms with van der Waals surface area (Å²) in [6.07, 6.45) is -4.55. The van der Waals surface area contributed by atoms with E-state index in [1.807, 2.05) is 0 Å². The van der Waals surface area contributed by atoms with Gasteiger partial charge in [0, 0.05) is 29.1 Å². The summed E-state index contributed by atoms with van der Waals surface area (Å²) in [5, 5.41) is -0.117. The topological polar surface area (TPSA) is 135 Å². The molecule has 206 valence electrons. The number of alkyl halides is 3. The van der Waals surface area contributed by atoms with Crippen molar-refractivity contribution in [1.82, 2.24) is 0 Å². The number of nitrogen functional groups attached to an aromatic ring is 2. The molecular weight excluding hydrogens is 541 g/mol. The summed E-state index contributed by atoms with van der Waals surface area (Å²) < 4.78 is 55.9. The van der Waals surface area contributed by atoms with Gasteiger partial charge in [-0.25, -0.2) is 9.59 Å². The Morgan fingerprint density at radius 3 is 1.88 bits per heavy atom. The highest BCUT2D eigenvalue weighted by Crippen LogP contribution is 2.35. The molecule has 0 saturated carbocycles. The maximum absolute atomic E-state index is 13.2. The number of carbonyl (C=O) groups is 2. The molecule has 4 aromatic carbocycles. The SMILES string of the molecule is Nc1cccc(C(=O)Oc2cc(OC(=O)c3cccc(N)c3)c3oc(-c4ccc(C(F)(F)F)cc4)cc(=O)c3c2)c1. The van der Waals surface area contributed by atoms with Crippen LogP contribution in [-0.4, -0.2) is 11.9 Å². The van der Waals surface area contributed by atoms with Crippen molar-refractivity contribution in [3.63, 3.8) is 0 Å². The lowest BCUT2D eigenvalue weighted by atomic mass is 10.1. The third-order valence-corrected chi connectivity index (χ3v) is 5.92. The summed E-state index contributed by atoms with van der Waals surface area (Å²) in [6.45, 7) is 0. The Bertz CT molecular complexity index is 1860. The Balaban J connectivity index is 1.60. The quantitative estimate of drug-likeness (QED) is 0.150. The fourth-order valence-corrected chi connectivity index (χ4v) is 3.96. The number of esters is 2. The number of rotatable bonds is 5. The highest BCUT2D eigenvalue weighted by atomic mass is 19.4. The second-order valence-corrected chi connectivity index (χ2v) is 8.88. The van der Waals surface area contributed by atoms with E-state index in [0.717, 1.165) is 30.3 Å². The lowest BCUT2D eigenvalue weighted by Gasteiger charge is -2.12. The van der Waals surface area contributed by atoms with E-state index in [1.165, 1.54) is 42.5 Å². The second-order valence-electron chi connectivity index (χ2n) is 8.88. The largest absolute Gasteiger partial charge is 0.452 e. The van der Waals surface area contributed by atoms with Crippen molar-refractivity contribution in [2.24, 2.45) is 0 Å². The molecule has 0 unspecified atom stereocenters. The number of nitrogens with two attached hydrogens (primary N) is 2. The Morgan fingerprint density at radius 1 is 0.732 bits per heavy atom. The average Bonchev–Trinajstić information content (AvgIpc) is 2.93. The summed E-state index contributed by atoms with van der Waals surface area (Å²) in [5.74, 6) is -2.16. The smallest absolute Gasteiger partial charge is 0.416 e. The van der Waals surface area contributed by atoms with Crippen LogP contribution in [0.15, 0.2) is 100 Å². The molecule has 0 radical (unpaired) electrons. The minimum absolute atomic E-state index is 0.0815. The standard InChI is InChI=1S/C30H19F3N2O6/c31-30(32,33)19-9-7-16(8-10-19)25-15-24(36)23-13-22(39-28(37)17-3-1-5-20(34)11-17)14-26(27(23)40-25)41-29(38)18-4-2-6-21(35)12-18/h1-15H,34-35H2. The zero-order valence-corrected chi connectivity index (χ0v) is 20.9. The molecule has 5 rings (SSSR count). The Labute approximate surface area is 229 Å². The van der Waals surface area contributed by atoms with Crippen molar-refractivity contribution >= 4 is 34.3 Å². The van der Waals surface area contributed by atoms with Gasteiger partial charge in [-0.05, 0) is 54.6 Å². The molecule has 0 bridgehead atoms. The van der Waals surface area contributed by atoms with Crippen LogP contribution in [0.2, 0.25) is 0 Å². The van der Waals surface area contributed by atoms with Gasteiger partial charge in [0.25, 0.3) is 0 Å². The number of hydrogen-bond donors (Lipinski definition) is 2. The Kier molecular flexibility index (Phi) is 6.94. The molecule has 11 heteroatoms. The van der Waals surface area contributed by atoms with E-state index >= 15 is 0 Å². The molecule has 0 aliphatic carbocycles. The minimum Gasteiger partial charge on any atom is -0.452 e. The van der Waals surface area contributed by atoms with Crippen LogP contribution in [0.1, 0.15) is 26.3 Å². The van der Waals surface area contributed by atoms with Crippen molar-refractivity contribution in [3.8, 4) is 22.8 Å². The molecule has 0 spiro atoms. The summed E-state index contributed by atoms with van der Waals surface area (Å²) in [4.78, 5) is 38.8. The van der Waals surface area contributed by atoms with E-state index in [4.69, 9.17) is 25.4 Å². The number of benzene rings is 4. The van der Waals surface area contributed by atoms with E-state index in [0.29, 0.717) is 11.4 Å². The number of carbonyl (C=O) groups excluding carboxylic acids is 2. The first-order valence-corrected chi connectivity index (χ1v) is 11.9. The van der Waals surface area contributed by atoms with E-state index in [2.05, 4.69) is 0 Å². The molecule has 1 heterocycles. The lowest BCUT2D eigenvalue weighted by Crippen LogP contribution is -2.12. The number of fused-ring (bicyclic) bond motifs is 1. The van der Waals surface area contributed by atoms with Crippen LogP contribution in [0.4, 0.5) is 24.5 Å². The van der Waals surface area contributed by atoms with Crippen LogP contribution in [0.25, 0.3) is 22.3 Å². The van der Waals surface area contributed by atoms with Gasteiger partial charge in [-0.3, -0.25) is 4.79 Å². The Hall–Kier alpha value is -5.58. The van der Waals surface area contributed by atoms with Gasteiger partial charge in [-0.1, -0.05) is 24.3 Å². The highest BCUT2D eigenvalue weighted by Gasteiger charge is 2.30. The van der Waals surface area contributed by atoms with Crippen molar-refractivity contribution < 1.29 is 36.7 Å². The predicted octanol–water partition coefficient (Wildman–Crippen LogP) is 6.08. The van der Waals surface area contributed by atoms with E-state index in [9.17, 15) is 27.6 Å². The molecule has 4 N–H and O–H groups in total. The van der Waals surface area contributed by atoms with Crippen LogP contribution in [0.3, 0.4) is 0 Å². The molecule has 0 saturated heterocycles. The van der Waals surface area contributed by atoms with Crippen molar-refractivity contribution in [2.45, 2.75) is 6.18 Å². The highest BCUT2D eigenvalue weighted by molar-refractivity contribution is 5.96. The first-order chi connectivity index (χ1) is 19.5. The minimum atomic E-state index is -4.55.